The summed E-state index contributed by atoms with van der Waals surface area (Å²) in [6.45, 7) is 3.15. The van der Waals surface area contributed by atoms with Gasteiger partial charge in [-0.2, -0.15) is 5.10 Å². The van der Waals surface area contributed by atoms with Gasteiger partial charge in [-0.15, -0.1) is 0 Å². The molecular weight excluding hydrogens is 366 g/mol. The van der Waals surface area contributed by atoms with Gasteiger partial charge in [-0.3, -0.25) is 5.32 Å². The summed E-state index contributed by atoms with van der Waals surface area (Å²) in [5, 5.41) is 7.17. The van der Waals surface area contributed by atoms with Crippen LogP contribution >= 0.6 is 0 Å². The Labute approximate surface area is 154 Å². The molecule has 150 valence electrons. The summed E-state index contributed by atoms with van der Waals surface area (Å²) in [5.74, 6) is -5.95. The van der Waals surface area contributed by atoms with Crippen LogP contribution in [-0.2, 0) is 10.2 Å². The molecule has 0 aromatic carbocycles. The Morgan fingerprint density at radius 1 is 1.30 bits per heavy atom. The van der Waals surface area contributed by atoms with Gasteiger partial charge in [0.15, 0.2) is 0 Å². The highest BCUT2D eigenvalue weighted by Gasteiger charge is 2.58. The number of anilines is 1. The first-order valence-corrected chi connectivity index (χ1v) is 9.30. The molecule has 1 amide bonds. The van der Waals surface area contributed by atoms with Gasteiger partial charge in [0.05, 0.1) is 17.7 Å². The summed E-state index contributed by atoms with van der Waals surface area (Å²) in [7, 11) is 0. The predicted octanol–water partition coefficient (Wildman–Crippen LogP) is 4.81. The molecule has 0 aliphatic heterocycles. The van der Waals surface area contributed by atoms with Gasteiger partial charge >= 0.3 is 6.09 Å². The number of carbonyl (C=O) groups excluding carboxylic acids is 1. The summed E-state index contributed by atoms with van der Waals surface area (Å²) in [6, 6.07) is 0.102. The molecule has 27 heavy (non-hydrogen) atoms. The van der Waals surface area contributed by atoms with Crippen LogP contribution in [0, 0.1) is 12.8 Å². The van der Waals surface area contributed by atoms with Gasteiger partial charge in [-0.1, -0.05) is 6.92 Å². The van der Waals surface area contributed by atoms with Gasteiger partial charge in [0, 0.05) is 30.2 Å². The van der Waals surface area contributed by atoms with Crippen molar-refractivity contribution in [1.82, 2.24) is 9.78 Å². The second kappa shape index (κ2) is 5.85. The van der Waals surface area contributed by atoms with Gasteiger partial charge in [-0.25, -0.2) is 27.0 Å². The normalized spacial score (nSPS) is 27.4. The number of halogens is 4. The third-order valence-electron chi connectivity index (χ3n) is 6.03. The van der Waals surface area contributed by atoms with Crippen molar-refractivity contribution >= 4 is 11.9 Å². The van der Waals surface area contributed by atoms with Crippen LogP contribution in [0.5, 0.6) is 0 Å². The first-order chi connectivity index (χ1) is 12.5. The van der Waals surface area contributed by atoms with Crippen LogP contribution in [0.25, 0.3) is 0 Å². The Hall–Kier alpha value is -1.80. The lowest BCUT2D eigenvalue weighted by atomic mass is 9.65. The molecule has 1 aromatic heterocycles. The molecule has 4 rings (SSSR count). The molecule has 3 fully saturated rings. The van der Waals surface area contributed by atoms with Crippen molar-refractivity contribution in [3.63, 3.8) is 0 Å². The number of aromatic nitrogens is 2. The van der Waals surface area contributed by atoms with Gasteiger partial charge in [0.25, 0.3) is 5.92 Å². The smallest absolute Gasteiger partial charge is 0.412 e. The van der Waals surface area contributed by atoms with Gasteiger partial charge in [-0.05, 0) is 26.2 Å². The van der Waals surface area contributed by atoms with Crippen molar-refractivity contribution in [2.24, 2.45) is 5.92 Å². The molecule has 5 nitrogen and oxygen atoms in total. The van der Waals surface area contributed by atoms with E-state index in [0.717, 1.165) is 19.3 Å². The van der Waals surface area contributed by atoms with Crippen LogP contribution in [0.3, 0.4) is 0 Å². The number of alkyl halides is 4. The van der Waals surface area contributed by atoms with Crippen LogP contribution in [0.2, 0.25) is 0 Å². The quantitative estimate of drug-likeness (QED) is 0.736. The number of ether oxygens (including phenoxy) is 1. The summed E-state index contributed by atoms with van der Waals surface area (Å²) < 4.78 is 59.4. The highest BCUT2D eigenvalue weighted by molar-refractivity contribution is 5.84. The van der Waals surface area contributed by atoms with Crippen molar-refractivity contribution in [2.45, 2.75) is 75.7 Å². The monoisotopic (exact) mass is 389 g/mol. The third kappa shape index (κ3) is 3.29. The van der Waals surface area contributed by atoms with E-state index in [1.54, 1.807) is 18.5 Å². The van der Waals surface area contributed by atoms with E-state index in [1.165, 1.54) is 0 Å². The van der Waals surface area contributed by atoms with E-state index in [0.29, 0.717) is 17.1 Å². The molecule has 1 atom stereocenters. The van der Waals surface area contributed by atoms with E-state index in [-0.39, 0.29) is 31.9 Å². The Bertz CT molecular complexity index is 765. The molecule has 1 N–H and O–H groups in total. The van der Waals surface area contributed by atoms with Crippen molar-refractivity contribution < 1.29 is 27.1 Å². The number of carbonyl (C=O) groups is 1. The standard InChI is InChI=1S/C18H23F4N3O2/c1-10-13(16(2)8-17(19,20)9-16)24-25(12-4-3-5-12)14(10)23-15(26)27-7-11-6-18(11,21)22/h11-12H,3-9H2,1-2H3,(H,23,26)/t11-/m1/s1. The Morgan fingerprint density at radius 3 is 2.41 bits per heavy atom. The van der Waals surface area contributed by atoms with E-state index >= 15 is 0 Å². The zero-order chi connectivity index (χ0) is 19.6. The van der Waals surface area contributed by atoms with Crippen molar-refractivity contribution in [1.29, 1.82) is 0 Å². The number of rotatable bonds is 5. The van der Waals surface area contributed by atoms with Crippen molar-refractivity contribution in [3.05, 3.63) is 11.3 Å². The molecule has 0 unspecified atom stereocenters. The zero-order valence-corrected chi connectivity index (χ0v) is 15.3. The van der Waals surface area contributed by atoms with Gasteiger partial charge < -0.3 is 4.74 Å². The Morgan fingerprint density at radius 2 is 1.93 bits per heavy atom. The zero-order valence-electron chi connectivity index (χ0n) is 15.3. The van der Waals surface area contributed by atoms with Crippen LogP contribution in [-0.4, -0.2) is 34.3 Å². The number of hydrogen-bond donors (Lipinski definition) is 1. The van der Waals surface area contributed by atoms with Crippen LogP contribution in [0.1, 0.15) is 62.7 Å². The molecule has 1 heterocycles. The molecule has 0 saturated heterocycles. The molecule has 3 aliphatic rings. The maximum absolute atomic E-state index is 13.5. The van der Waals surface area contributed by atoms with Crippen molar-refractivity contribution in [2.75, 3.05) is 11.9 Å². The van der Waals surface area contributed by atoms with Crippen molar-refractivity contribution in [3.8, 4) is 0 Å². The molecule has 1 aromatic rings. The minimum atomic E-state index is -2.75. The van der Waals surface area contributed by atoms with E-state index in [1.807, 2.05) is 0 Å². The Kier molecular flexibility index (Phi) is 4.02. The minimum Gasteiger partial charge on any atom is -0.449 e. The van der Waals surface area contributed by atoms with Crippen LogP contribution in [0.4, 0.5) is 28.2 Å². The summed E-state index contributed by atoms with van der Waals surface area (Å²) in [4.78, 5) is 12.1. The second-order valence-corrected chi connectivity index (χ2v) is 8.51. The molecule has 0 radical (unpaired) electrons. The largest absolute Gasteiger partial charge is 0.449 e. The Balaban J connectivity index is 1.51. The fourth-order valence-corrected chi connectivity index (χ4v) is 4.15. The number of amides is 1. The number of nitrogens with one attached hydrogen (secondary N) is 1. The summed E-state index contributed by atoms with van der Waals surface area (Å²) >= 11 is 0. The molecule has 0 spiro atoms. The lowest BCUT2D eigenvalue weighted by Crippen LogP contribution is -2.47. The molecule has 9 heteroatoms. The second-order valence-electron chi connectivity index (χ2n) is 8.51. The first kappa shape index (κ1) is 18.6. The van der Waals surface area contributed by atoms with E-state index in [9.17, 15) is 22.4 Å². The highest BCUT2D eigenvalue weighted by Crippen LogP contribution is 2.54. The lowest BCUT2D eigenvalue weighted by Gasteiger charge is -2.44. The predicted molar refractivity (Wildman–Crippen MR) is 89.4 cm³/mol. The van der Waals surface area contributed by atoms with Gasteiger partial charge in [0.2, 0.25) is 5.92 Å². The van der Waals surface area contributed by atoms with E-state index in [4.69, 9.17) is 4.74 Å². The van der Waals surface area contributed by atoms with E-state index in [2.05, 4.69) is 10.4 Å². The van der Waals surface area contributed by atoms with E-state index < -0.39 is 29.3 Å². The fourth-order valence-electron chi connectivity index (χ4n) is 4.15. The maximum Gasteiger partial charge on any atom is 0.412 e. The van der Waals surface area contributed by atoms with Crippen LogP contribution in [0.15, 0.2) is 0 Å². The molecule has 0 bridgehead atoms. The maximum atomic E-state index is 13.5. The average Bonchev–Trinajstić information content (AvgIpc) is 2.97. The minimum absolute atomic E-state index is 0.102. The average molecular weight is 389 g/mol. The number of hydrogen-bond acceptors (Lipinski definition) is 3. The van der Waals surface area contributed by atoms with Gasteiger partial charge in [0.1, 0.15) is 12.4 Å². The summed E-state index contributed by atoms with van der Waals surface area (Å²) in [5.41, 5.74) is 0.455. The molecular formula is C18H23F4N3O2. The molecule has 3 aliphatic carbocycles. The third-order valence-corrected chi connectivity index (χ3v) is 6.03. The topological polar surface area (TPSA) is 56.2 Å². The number of nitrogens with zero attached hydrogens (tertiary/aromatic N) is 2. The molecule has 3 saturated carbocycles. The summed E-state index contributed by atoms with van der Waals surface area (Å²) in [6.07, 6.45) is 1.19. The van der Waals surface area contributed by atoms with Crippen LogP contribution < -0.4 is 5.32 Å². The SMILES string of the molecule is Cc1c(C2(C)CC(F)(F)C2)nn(C2CCC2)c1NC(=O)OC[C@H]1CC1(F)F. The lowest BCUT2D eigenvalue weighted by molar-refractivity contribution is -0.122. The first-order valence-electron chi connectivity index (χ1n) is 9.30. The fraction of sp³-hybridized carbons (Fsp3) is 0.778. The highest BCUT2D eigenvalue weighted by atomic mass is 19.3.